The van der Waals surface area contributed by atoms with Crippen molar-refractivity contribution < 1.29 is 0 Å². The van der Waals surface area contributed by atoms with Gasteiger partial charge in [-0.05, 0) is 67.2 Å². The number of hydrogen-bond acceptors (Lipinski definition) is 2. The van der Waals surface area contributed by atoms with Crippen molar-refractivity contribution in [3.8, 4) is 0 Å². The molecule has 1 N–H and O–H groups in total. The van der Waals surface area contributed by atoms with E-state index in [0.717, 1.165) is 32.1 Å². The molecule has 4 rings (SSSR count). The zero-order valence-corrected chi connectivity index (χ0v) is 18.2. The lowest BCUT2D eigenvalue weighted by molar-refractivity contribution is 0.591. The maximum Gasteiger partial charge on any atom is 0.0533 e. The third-order valence-corrected chi connectivity index (χ3v) is 6.73. The van der Waals surface area contributed by atoms with Crippen LogP contribution in [0.15, 0.2) is 78.6 Å². The molecule has 150 valence electrons. The number of nitrogens with one attached hydrogen (secondary N) is 1. The summed E-state index contributed by atoms with van der Waals surface area (Å²) in [7, 11) is 0. The van der Waals surface area contributed by atoms with E-state index in [-0.39, 0.29) is 0 Å². The van der Waals surface area contributed by atoms with Gasteiger partial charge in [0.15, 0.2) is 0 Å². The van der Waals surface area contributed by atoms with Crippen molar-refractivity contribution >= 4 is 29.5 Å². The number of thiol groups is 1. The Hall–Kier alpha value is -2.19. The van der Waals surface area contributed by atoms with Gasteiger partial charge in [0.25, 0.3) is 0 Å². The fourth-order valence-electron chi connectivity index (χ4n) is 4.46. The lowest BCUT2D eigenvalue weighted by Gasteiger charge is -2.34. The second kappa shape index (κ2) is 9.54. The number of allylic oxidation sites excluding steroid dienone is 10. The summed E-state index contributed by atoms with van der Waals surface area (Å²) < 4.78 is 0. The first-order valence-electron chi connectivity index (χ1n) is 10.9. The van der Waals surface area contributed by atoms with Crippen molar-refractivity contribution in [3.05, 3.63) is 89.7 Å². The Bertz CT molecular complexity index is 926. The first-order chi connectivity index (χ1) is 14.3. The fraction of sp³-hybridized carbons (Fsp3) is 0.333. The molecule has 0 radical (unpaired) electrons. The summed E-state index contributed by atoms with van der Waals surface area (Å²) in [6.07, 6.45) is 26.8. The third-order valence-electron chi connectivity index (χ3n) is 6.07. The molecule has 1 aromatic rings. The van der Waals surface area contributed by atoms with Crippen molar-refractivity contribution in [3.63, 3.8) is 0 Å². The van der Waals surface area contributed by atoms with Crippen LogP contribution in [0.5, 0.6) is 0 Å². The maximum atomic E-state index is 4.98. The summed E-state index contributed by atoms with van der Waals surface area (Å²) in [6.45, 7) is 2.19. The topological polar surface area (TPSA) is 12.0 Å². The smallest absolute Gasteiger partial charge is 0.0533 e. The number of anilines is 1. The van der Waals surface area contributed by atoms with Crippen molar-refractivity contribution in [1.29, 1.82) is 0 Å². The molecule has 3 aliphatic rings. The monoisotopic (exact) mass is 401 g/mol. The van der Waals surface area contributed by atoms with E-state index in [2.05, 4.69) is 85.2 Å². The number of fused-ring (bicyclic) bond motifs is 2. The van der Waals surface area contributed by atoms with Crippen LogP contribution in [-0.2, 0) is 0 Å². The summed E-state index contributed by atoms with van der Waals surface area (Å²) in [4.78, 5) is 0. The molecule has 2 unspecified atom stereocenters. The van der Waals surface area contributed by atoms with E-state index in [1.807, 2.05) is 0 Å². The minimum atomic E-state index is 0.315. The van der Waals surface area contributed by atoms with Gasteiger partial charge >= 0.3 is 0 Å². The quantitative estimate of drug-likeness (QED) is 0.380. The molecule has 2 atom stereocenters. The minimum absolute atomic E-state index is 0.315. The molecule has 0 amide bonds. The Balaban J connectivity index is 1.66. The maximum absolute atomic E-state index is 4.98. The summed E-state index contributed by atoms with van der Waals surface area (Å²) in [5.74, 6) is 0.565. The average Bonchev–Trinajstić information content (AvgIpc) is 3.19. The van der Waals surface area contributed by atoms with Gasteiger partial charge in [-0.3, -0.25) is 0 Å². The van der Waals surface area contributed by atoms with E-state index in [1.54, 1.807) is 0 Å². The predicted octanol–water partition coefficient (Wildman–Crippen LogP) is 7.73. The van der Waals surface area contributed by atoms with Crippen LogP contribution in [0.1, 0.15) is 56.6 Å². The number of para-hydroxylation sites is 1. The molecule has 0 bridgehead atoms. The zero-order chi connectivity index (χ0) is 20.1. The molecule has 0 spiro atoms. The summed E-state index contributed by atoms with van der Waals surface area (Å²) in [6, 6.07) is 6.73. The Morgan fingerprint density at radius 1 is 1.14 bits per heavy atom. The van der Waals surface area contributed by atoms with Crippen LogP contribution < -0.4 is 5.32 Å². The van der Waals surface area contributed by atoms with Gasteiger partial charge in [-0.25, -0.2) is 0 Å². The van der Waals surface area contributed by atoms with Gasteiger partial charge in [0.2, 0.25) is 0 Å². The number of benzene rings is 1. The molecule has 29 heavy (non-hydrogen) atoms. The standard InChI is InChI=1S/C27H31NS/c1-2-3-4-7-13-21-19-25(27(21)29)24-17-11-16-23-22-15-10-14-20(22)12-8-5-6-9-18-28-26(23)24/h3-6,9-11,14,16-19,21,27-29H,2,7-8,12-13,15H2,1H3/b4-3-,6-5-,18-9?. The van der Waals surface area contributed by atoms with E-state index in [9.17, 15) is 0 Å². The lowest BCUT2D eigenvalue weighted by atomic mass is 9.78. The van der Waals surface area contributed by atoms with Crippen LogP contribution in [-0.4, -0.2) is 5.25 Å². The molecule has 0 aromatic heterocycles. The van der Waals surface area contributed by atoms with Crippen molar-refractivity contribution in [2.24, 2.45) is 5.92 Å². The first-order valence-corrected chi connectivity index (χ1v) is 11.5. The largest absolute Gasteiger partial charge is 0.361 e. The normalized spacial score (nSPS) is 24.4. The van der Waals surface area contributed by atoms with Gasteiger partial charge in [-0.1, -0.05) is 67.7 Å². The van der Waals surface area contributed by atoms with Crippen molar-refractivity contribution in [2.45, 2.75) is 50.7 Å². The first kappa shape index (κ1) is 20.1. The molecule has 2 aliphatic carbocycles. The van der Waals surface area contributed by atoms with Crippen molar-refractivity contribution in [1.82, 2.24) is 0 Å². The van der Waals surface area contributed by atoms with Crippen LogP contribution in [0.2, 0.25) is 0 Å². The number of rotatable bonds is 5. The molecule has 1 nitrogen and oxygen atoms in total. The van der Waals surface area contributed by atoms with Crippen LogP contribution in [0, 0.1) is 5.92 Å². The van der Waals surface area contributed by atoms with E-state index >= 15 is 0 Å². The molecular formula is C27H31NS. The van der Waals surface area contributed by atoms with Gasteiger partial charge in [0.05, 0.1) is 5.69 Å². The van der Waals surface area contributed by atoms with E-state index in [1.165, 1.54) is 40.0 Å². The highest BCUT2D eigenvalue weighted by Gasteiger charge is 2.31. The molecule has 2 heteroatoms. The van der Waals surface area contributed by atoms with E-state index in [4.69, 9.17) is 12.6 Å². The molecule has 1 heterocycles. The Labute approximate surface area is 181 Å². The summed E-state index contributed by atoms with van der Waals surface area (Å²) in [5.41, 5.74) is 8.18. The SMILES string of the molecule is CC/C=C\CCC1C=C(c2cccc3c2NC=C/C=C\CCC2=C3CC=C2)C1S. The van der Waals surface area contributed by atoms with Crippen LogP contribution in [0.3, 0.4) is 0 Å². The lowest BCUT2D eigenvalue weighted by Crippen LogP contribution is -2.25. The summed E-state index contributed by atoms with van der Waals surface area (Å²) in [5, 5.41) is 3.92. The summed E-state index contributed by atoms with van der Waals surface area (Å²) >= 11 is 4.98. The van der Waals surface area contributed by atoms with Crippen LogP contribution in [0.25, 0.3) is 11.1 Å². The van der Waals surface area contributed by atoms with E-state index in [0.29, 0.717) is 11.2 Å². The van der Waals surface area contributed by atoms with Gasteiger partial charge in [0.1, 0.15) is 0 Å². The molecule has 0 saturated heterocycles. The molecule has 1 aliphatic heterocycles. The second-order valence-corrected chi connectivity index (χ2v) is 8.55. The third kappa shape index (κ3) is 4.38. The zero-order valence-electron chi connectivity index (χ0n) is 17.3. The van der Waals surface area contributed by atoms with Gasteiger partial charge in [-0.15, -0.1) is 0 Å². The highest BCUT2D eigenvalue weighted by atomic mass is 32.1. The molecule has 0 saturated carbocycles. The molecule has 1 aromatic carbocycles. The Morgan fingerprint density at radius 3 is 2.90 bits per heavy atom. The van der Waals surface area contributed by atoms with E-state index < -0.39 is 0 Å². The van der Waals surface area contributed by atoms with Crippen molar-refractivity contribution in [2.75, 3.05) is 5.32 Å². The molecular weight excluding hydrogens is 370 g/mol. The Morgan fingerprint density at radius 2 is 2.03 bits per heavy atom. The fourth-order valence-corrected chi connectivity index (χ4v) is 4.92. The van der Waals surface area contributed by atoms with Gasteiger partial charge in [0, 0.05) is 22.6 Å². The number of hydrogen-bond donors (Lipinski definition) is 2. The second-order valence-electron chi connectivity index (χ2n) is 8.00. The van der Waals surface area contributed by atoms with Crippen LogP contribution in [0.4, 0.5) is 5.69 Å². The predicted molar refractivity (Wildman–Crippen MR) is 131 cm³/mol. The van der Waals surface area contributed by atoms with Gasteiger partial charge < -0.3 is 5.32 Å². The average molecular weight is 402 g/mol. The minimum Gasteiger partial charge on any atom is -0.361 e. The molecule has 0 fully saturated rings. The highest BCUT2D eigenvalue weighted by Crippen LogP contribution is 2.46. The highest BCUT2D eigenvalue weighted by molar-refractivity contribution is 7.81. The van der Waals surface area contributed by atoms with Crippen LogP contribution >= 0.6 is 12.6 Å². The van der Waals surface area contributed by atoms with Gasteiger partial charge in [-0.2, -0.15) is 12.6 Å². The Kier molecular flexibility index (Phi) is 6.61.